The maximum atomic E-state index is 11.5. The van der Waals surface area contributed by atoms with Crippen LogP contribution in [-0.4, -0.2) is 41.9 Å². The van der Waals surface area contributed by atoms with Crippen molar-refractivity contribution in [2.45, 2.75) is 30.7 Å². The Hall–Kier alpha value is -0.280. The van der Waals surface area contributed by atoms with Crippen LogP contribution >= 0.6 is 11.6 Å². The summed E-state index contributed by atoms with van der Waals surface area (Å²) in [5, 5.41) is 3.34. The summed E-state index contributed by atoms with van der Waals surface area (Å²) in [6, 6.07) is 0.442. The highest BCUT2D eigenvalue weighted by Crippen LogP contribution is 2.22. The van der Waals surface area contributed by atoms with Gasteiger partial charge in [0.1, 0.15) is 0 Å². The lowest BCUT2D eigenvalue weighted by molar-refractivity contribution is -0.130. The Morgan fingerprint density at radius 1 is 1.38 bits per heavy atom. The summed E-state index contributed by atoms with van der Waals surface area (Å²) >= 11 is 5.94. The van der Waals surface area contributed by atoms with Gasteiger partial charge in [-0.15, -0.1) is 11.6 Å². The van der Waals surface area contributed by atoms with Crippen molar-refractivity contribution in [2.24, 2.45) is 0 Å². The number of alkyl halides is 1. The Balaban J connectivity index is 1.95. The first-order valence-electron chi connectivity index (χ1n) is 4.91. The summed E-state index contributed by atoms with van der Waals surface area (Å²) in [6.07, 6.45) is 2.69. The van der Waals surface area contributed by atoms with E-state index in [0.29, 0.717) is 12.5 Å². The summed E-state index contributed by atoms with van der Waals surface area (Å²) in [5.41, 5.74) is 0. The number of carbonyl (C=O) groups excluding carboxylic acids is 1. The minimum Gasteiger partial charge on any atom is -0.338 e. The lowest BCUT2D eigenvalue weighted by atomic mass is 10.1. The van der Waals surface area contributed by atoms with Crippen LogP contribution < -0.4 is 5.32 Å². The van der Waals surface area contributed by atoms with Gasteiger partial charge in [0.15, 0.2) is 0 Å². The van der Waals surface area contributed by atoms with Gasteiger partial charge in [-0.05, 0) is 25.9 Å². The number of carbonyl (C=O) groups is 1. The van der Waals surface area contributed by atoms with Gasteiger partial charge in [-0.2, -0.15) is 0 Å². The molecule has 0 bridgehead atoms. The van der Waals surface area contributed by atoms with Crippen LogP contribution in [0.2, 0.25) is 0 Å². The molecule has 0 radical (unpaired) electrons. The number of hydrogen-bond donors (Lipinski definition) is 1. The second kappa shape index (κ2) is 3.84. The van der Waals surface area contributed by atoms with E-state index in [2.05, 4.69) is 5.32 Å². The molecule has 1 N–H and O–H groups in total. The number of rotatable bonds is 1. The van der Waals surface area contributed by atoms with Gasteiger partial charge in [0.25, 0.3) is 0 Å². The molecular weight excluding hydrogens is 188 g/mol. The van der Waals surface area contributed by atoms with Crippen LogP contribution in [0.3, 0.4) is 0 Å². The predicted octanol–water partition coefficient (Wildman–Crippen LogP) is 0.578. The van der Waals surface area contributed by atoms with E-state index in [-0.39, 0.29) is 11.3 Å². The molecule has 13 heavy (non-hydrogen) atoms. The number of hydrogen-bond acceptors (Lipinski definition) is 2. The molecule has 2 aliphatic heterocycles. The zero-order chi connectivity index (χ0) is 9.26. The molecular formula is C9H15ClN2O. The van der Waals surface area contributed by atoms with Crippen LogP contribution in [0.1, 0.15) is 19.3 Å². The van der Waals surface area contributed by atoms with E-state index in [1.165, 1.54) is 0 Å². The quantitative estimate of drug-likeness (QED) is 0.631. The topological polar surface area (TPSA) is 32.3 Å². The standard InChI is InChI=1S/C9H15ClN2O/c10-7-5-9(13)12(6-7)8-1-3-11-4-2-8/h7-8,11H,1-6H2. The molecule has 2 fully saturated rings. The molecule has 3 nitrogen and oxygen atoms in total. The largest absolute Gasteiger partial charge is 0.338 e. The number of likely N-dealkylation sites (tertiary alicyclic amines) is 1. The molecule has 1 atom stereocenters. The number of nitrogens with one attached hydrogen (secondary N) is 1. The van der Waals surface area contributed by atoms with Crippen molar-refractivity contribution in [3.05, 3.63) is 0 Å². The van der Waals surface area contributed by atoms with E-state index in [4.69, 9.17) is 11.6 Å². The van der Waals surface area contributed by atoms with Gasteiger partial charge in [-0.1, -0.05) is 0 Å². The lowest BCUT2D eigenvalue weighted by Crippen LogP contribution is -2.43. The highest BCUT2D eigenvalue weighted by molar-refractivity contribution is 6.22. The molecule has 0 spiro atoms. The average molecular weight is 203 g/mol. The van der Waals surface area contributed by atoms with E-state index in [0.717, 1.165) is 32.5 Å². The van der Waals surface area contributed by atoms with Crippen molar-refractivity contribution < 1.29 is 4.79 Å². The third kappa shape index (κ3) is 1.97. The van der Waals surface area contributed by atoms with Gasteiger partial charge in [-0.3, -0.25) is 4.79 Å². The minimum absolute atomic E-state index is 0.0439. The highest BCUT2D eigenvalue weighted by atomic mass is 35.5. The molecule has 2 saturated heterocycles. The number of halogens is 1. The zero-order valence-corrected chi connectivity index (χ0v) is 8.39. The summed E-state index contributed by atoms with van der Waals surface area (Å²) in [6.45, 7) is 2.81. The van der Waals surface area contributed by atoms with Crippen molar-refractivity contribution in [3.8, 4) is 0 Å². The first-order chi connectivity index (χ1) is 6.27. The van der Waals surface area contributed by atoms with Crippen molar-refractivity contribution >= 4 is 17.5 Å². The number of piperidine rings is 1. The van der Waals surface area contributed by atoms with Gasteiger partial charge < -0.3 is 10.2 Å². The fourth-order valence-electron chi connectivity index (χ4n) is 2.16. The molecule has 0 saturated carbocycles. The lowest BCUT2D eigenvalue weighted by Gasteiger charge is -2.31. The number of nitrogens with zero attached hydrogens (tertiary/aromatic N) is 1. The molecule has 2 aliphatic rings. The van der Waals surface area contributed by atoms with Crippen LogP contribution in [0.25, 0.3) is 0 Å². The molecule has 74 valence electrons. The van der Waals surface area contributed by atoms with Gasteiger partial charge >= 0.3 is 0 Å². The van der Waals surface area contributed by atoms with E-state index in [1.807, 2.05) is 4.90 Å². The predicted molar refractivity (Wildman–Crippen MR) is 51.9 cm³/mol. The maximum Gasteiger partial charge on any atom is 0.224 e. The monoisotopic (exact) mass is 202 g/mol. The second-order valence-electron chi connectivity index (χ2n) is 3.83. The molecule has 0 aliphatic carbocycles. The van der Waals surface area contributed by atoms with Crippen LogP contribution in [0, 0.1) is 0 Å². The van der Waals surface area contributed by atoms with Crippen LogP contribution in [-0.2, 0) is 4.79 Å². The molecule has 4 heteroatoms. The number of amides is 1. The van der Waals surface area contributed by atoms with E-state index < -0.39 is 0 Å². The fourth-order valence-corrected chi connectivity index (χ4v) is 2.44. The summed E-state index contributed by atoms with van der Waals surface area (Å²) in [7, 11) is 0. The Bertz CT molecular complexity index is 204. The Morgan fingerprint density at radius 3 is 2.62 bits per heavy atom. The summed E-state index contributed by atoms with van der Waals surface area (Å²) < 4.78 is 0. The van der Waals surface area contributed by atoms with Crippen LogP contribution in [0.4, 0.5) is 0 Å². The molecule has 2 rings (SSSR count). The molecule has 1 amide bonds. The Morgan fingerprint density at radius 2 is 2.08 bits per heavy atom. The van der Waals surface area contributed by atoms with Gasteiger partial charge in [-0.25, -0.2) is 0 Å². The van der Waals surface area contributed by atoms with Gasteiger partial charge in [0, 0.05) is 19.0 Å². The molecule has 0 aromatic heterocycles. The van der Waals surface area contributed by atoms with Gasteiger partial charge in [0.05, 0.1) is 5.38 Å². The van der Waals surface area contributed by atoms with E-state index in [9.17, 15) is 4.79 Å². The summed E-state index contributed by atoms with van der Waals surface area (Å²) in [4.78, 5) is 13.5. The molecule has 2 heterocycles. The SMILES string of the molecule is O=C1CC(Cl)CN1C1CCNCC1. The van der Waals surface area contributed by atoms with E-state index in [1.54, 1.807) is 0 Å². The highest BCUT2D eigenvalue weighted by Gasteiger charge is 2.33. The van der Waals surface area contributed by atoms with Gasteiger partial charge in [0.2, 0.25) is 5.91 Å². The van der Waals surface area contributed by atoms with Crippen molar-refractivity contribution in [3.63, 3.8) is 0 Å². The van der Waals surface area contributed by atoms with Crippen LogP contribution in [0.15, 0.2) is 0 Å². The smallest absolute Gasteiger partial charge is 0.224 e. The Kier molecular flexibility index (Phi) is 2.74. The van der Waals surface area contributed by atoms with Crippen molar-refractivity contribution in [1.82, 2.24) is 10.2 Å². The van der Waals surface area contributed by atoms with Crippen molar-refractivity contribution in [1.29, 1.82) is 0 Å². The third-order valence-electron chi connectivity index (χ3n) is 2.86. The summed E-state index contributed by atoms with van der Waals surface area (Å²) in [5.74, 6) is 0.243. The normalized spacial score (nSPS) is 31.3. The average Bonchev–Trinajstić information content (AvgIpc) is 2.47. The van der Waals surface area contributed by atoms with E-state index >= 15 is 0 Å². The third-order valence-corrected chi connectivity index (χ3v) is 3.15. The minimum atomic E-state index is 0.0439. The van der Waals surface area contributed by atoms with Crippen LogP contribution in [0.5, 0.6) is 0 Å². The second-order valence-corrected chi connectivity index (χ2v) is 4.45. The maximum absolute atomic E-state index is 11.5. The first kappa shape index (κ1) is 9.28. The fraction of sp³-hybridized carbons (Fsp3) is 0.889. The Labute approximate surface area is 83.4 Å². The van der Waals surface area contributed by atoms with Crippen molar-refractivity contribution in [2.75, 3.05) is 19.6 Å². The molecule has 0 aromatic rings. The first-order valence-corrected chi connectivity index (χ1v) is 5.35. The molecule has 0 aromatic carbocycles. The zero-order valence-electron chi connectivity index (χ0n) is 7.63. The molecule has 1 unspecified atom stereocenters.